The first-order valence-corrected chi connectivity index (χ1v) is 6.12. The molecule has 0 aromatic carbocycles. The topological polar surface area (TPSA) is 30.0 Å². The lowest BCUT2D eigenvalue weighted by molar-refractivity contribution is -0.129. The Morgan fingerprint density at radius 2 is 2.29 bits per heavy atom. The third-order valence-electron chi connectivity index (χ3n) is 3.48. The predicted molar refractivity (Wildman–Crippen MR) is 64.9 cm³/mol. The fourth-order valence-corrected chi connectivity index (χ4v) is 2.47. The average Bonchev–Trinajstić information content (AvgIpc) is 3.01. The number of carbonyl (C=O) groups excluding carboxylic acids is 1. The summed E-state index contributed by atoms with van der Waals surface area (Å²) in [6.07, 6.45) is 3.50. The summed E-state index contributed by atoms with van der Waals surface area (Å²) in [5.41, 5.74) is -1.06. The molecule has 1 aliphatic carbocycles. The second-order valence-electron chi connectivity index (χ2n) is 4.86. The van der Waals surface area contributed by atoms with Crippen LogP contribution >= 0.6 is 11.6 Å². The molecule has 1 aromatic rings. The number of carbonyl (C=O) groups is 1. The number of nitrogens with zero attached hydrogens (tertiary/aromatic N) is 1. The van der Waals surface area contributed by atoms with E-state index in [4.69, 9.17) is 11.6 Å². The molecular formula is C13H15ClFNO. The van der Waals surface area contributed by atoms with Crippen LogP contribution in [0.15, 0.2) is 18.3 Å². The van der Waals surface area contributed by atoms with E-state index in [-0.39, 0.29) is 5.92 Å². The zero-order valence-electron chi connectivity index (χ0n) is 9.91. The number of aromatic nitrogens is 1. The highest BCUT2D eigenvalue weighted by molar-refractivity contribution is 6.29. The molecule has 2 rings (SSSR count). The quantitative estimate of drug-likeness (QED) is 0.770. The lowest BCUT2D eigenvalue weighted by Crippen LogP contribution is -2.36. The molecule has 0 amide bonds. The number of rotatable bonds is 4. The van der Waals surface area contributed by atoms with Gasteiger partial charge in [0, 0.05) is 12.1 Å². The Kier molecular flexibility index (Phi) is 3.21. The van der Waals surface area contributed by atoms with Crippen LogP contribution in [0, 0.1) is 5.92 Å². The first-order chi connectivity index (χ1) is 7.93. The number of hydrogen-bond donors (Lipinski definition) is 0. The van der Waals surface area contributed by atoms with Gasteiger partial charge >= 0.3 is 0 Å². The van der Waals surface area contributed by atoms with Crippen molar-refractivity contribution in [3.05, 3.63) is 29.0 Å². The highest BCUT2D eigenvalue weighted by Gasteiger charge is 2.48. The molecule has 1 unspecified atom stereocenters. The predicted octanol–water partition coefficient (Wildman–Crippen LogP) is 3.55. The van der Waals surface area contributed by atoms with Crippen molar-refractivity contribution in [1.29, 1.82) is 0 Å². The normalized spacial score (nSPS) is 20.7. The van der Waals surface area contributed by atoms with E-state index in [9.17, 15) is 9.18 Å². The second-order valence-corrected chi connectivity index (χ2v) is 5.25. The van der Waals surface area contributed by atoms with E-state index < -0.39 is 17.4 Å². The minimum Gasteiger partial charge on any atom is -0.296 e. The zero-order chi connectivity index (χ0) is 12.6. The molecular weight excluding hydrogens is 241 g/mol. The Morgan fingerprint density at radius 1 is 1.65 bits per heavy atom. The van der Waals surface area contributed by atoms with Crippen molar-refractivity contribution in [3.8, 4) is 0 Å². The fraction of sp³-hybridized carbons (Fsp3) is 0.538. The Labute approximate surface area is 105 Å². The number of pyridine rings is 1. The van der Waals surface area contributed by atoms with Crippen LogP contribution in [0.5, 0.6) is 0 Å². The monoisotopic (exact) mass is 255 g/mol. The largest absolute Gasteiger partial charge is 0.296 e. The number of Topliss-reactive ketones (excluding diaryl/α,β-unsaturated/α-hetero) is 1. The van der Waals surface area contributed by atoms with Gasteiger partial charge in [0.05, 0.1) is 0 Å². The van der Waals surface area contributed by atoms with Gasteiger partial charge in [0.1, 0.15) is 5.15 Å². The van der Waals surface area contributed by atoms with E-state index in [0.717, 1.165) is 18.4 Å². The van der Waals surface area contributed by atoms with Crippen molar-refractivity contribution in [3.63, 3.8) is 0 Å². The first-order valence-electron chi connectivity index (χ1n) is 5.74. The number of halogens is 2. The lowest BCUT2D eigenvalue weighted by atomic mass is 9.79. The summed E-state index contributed by atoms with van der Waals surface area (Å²) in [6.45, 7) is 2.67. The molecule has 1 heterocycles. The van der Waals surface area contributed by atoms with E-state index >= 15 is 0 Å². The minimum atomic E-state index is -1.83. The number of alkyl halides is 1. The van der Waals surface area contributed by atoms with Crippen LogP contribution in [-0.4, -0.2) is 16.4 Å². The van der Waals surface area contributed by atoms with Crippen molar-refractivity contribution < 1.29 is 9.18 Å². The molecule has 2 nitrogen and oxygen atoms in total. The van der Waals surface area contributed by atoms with Gasteiger partial charge in [-0.05, 0) is 50.3 Å². The van der Waals surface area contributed by atoms with Crippen molar-refractivity contribution in [1.82, 2.24) is 4.98 Å². The number of hydrogen-bond acceptors (Lipinski definition) is 2. The molecule has 17 heavy (non-hydrogen) atoms. The van der Waals surface area contributed by atoms with E-state index in [1.54, 1.807) is 18.3 Å². The number of ketones is 1. The van der Waals surface area contributed by atoms with Gasteiger partial charge in [-0.25, -0.2) is 9.37 Å². The summed E-state index contributed by atoms with van der Waals surface area (Å²) in [6, 6.07) is 3.40. The highest BCUT2D eigenvalue weighted by atomic mass is 35.5. The Bertz CT molecular complexity index is 443. The third kappa shape index (κ3) is 2.49. The van der Waals surface area contributed by atoms with Gasteiger partial charge in [-0.1, -0.05) is 11.6 Å². The van der Waals surface area contributed by atoms with E-state index in [2.05, 4.69) is 4.98 Å². The summed E-state index contributed by atoms with van der Waals surface area (Å²) in [4.78, 5) is 15.4. The molecule has 1 aliphatic rings. The maximum atomic E-state index is 14.6. The van der Waals surface area contributed by atoms with Gasteiger partial charge in [0.2, 0.25) is 0 Å². The Morgan fingerprint density at radius 3 is 2.76 bits per heavy atom. The average molecular weight is 256 g/mol. The summed E-state index contributed by atoms with van der Waals surface area (Å²) in [5.74, 6) is -0.588. The van der Waals surface area contributed by atoms with Crippen molar-refractivity contribution in [2.45, 2.75) is 38.3 Å². The second kappa shape index (κ2) is 4.37. The molecule has 0 saturated heterocycles. The van der Waals surface area contributed by atoms with Crippen molar-refractivity contribution in [2.24, 2.45) is 5.92 Å². The molecule has 92 valence electrons. The molecule has 0 N–H and O–H groups in total. The van der Waals surface area contributed by atoms with Crippen molar-refractivity contribution in [2.75, 3.05) is 0 Å². The summed E-state index contributed by atoms with van der Waals surface area (Å²) < 4.78 is 14.6. The molecule has 0 radical (unpaired) electrons. The van der Waals surface area contributed by atoms with Crippen LogP contribution in [0.4, 0.5) is 4.39 Å². The molecule has 2 atom stereocenters. The SMILES string of the molecule is CC(=O)C(C)(F)[C@H](c1ccnc(Cl)c1)C1CC1. The van der Waals surface area contributed by atoms with Gasteiger partial charge in [0.25, 0.3) is 0 Å². The Balaban J connectivity index is 2.39. The van der Waals surface area contributed by atoms with Crippen molar-refractivity contribution >= 4 is 17.4 Å². The zero-order valence-corrected chi connectivity index (χ0v) is 10.7. The van der Waals surface area contributed by atoms with Crippen LogP contribution in [-0.2, 0) is 4.79 Å². The first kappa shape index (κ1) is 12.5. The Hall–Kier alpha value is -0.960. The van der Waals surface area contributed by atoms with Gasteiger partial charge in [-0.3, -0.25) is 4.79 Å². The molecule has 0 aliphatic heterocycles. The minimum absolute atomic E-state index is 0.243. The van der Waals surface area contributed by atoms with Crippen LogP contribution in [0.3, 0.4) is 0 Å². The summed E-state index contributed by atoms with van der Waals surface area (Å²) >= 11 is 5.83. The van der Waals surface area contributed by atoms with Gasteiger partial charge in [0.15, 0.2) is 11.5 Å². The molecule has 1 saturated carbocycles. The van der Waals surface area contributed by atoms with Crippen LogP contribution in [0.2, 0.25) is 5.15 Å². The molecule has 1 fully saturated rings. The molecule has 0 bridgehead atoms. The van der Waals surface area contributed by atoms with Crippen LogP contribution < -0.4 is 0 Å². The molecule has 4 heteroatoms. The van der Waals surface area contributed by atoms with Gasteiger partial charge < -0.3 is 0 Å². The standard InChI is InChI=1S/C13H15ClFNO/c1-8(17)13(2,15)12(9-3-4-9)10-5-6-16-11(14)7-10/h5-7,9,12H,3-4H2,1-2H3/t12-,13?/m0/s1. The van der Waals surface area contributed by atoms with Crippen LogP contribution in [0.25, 0.3) is 0 Å². The molecule has 0 spiro atoms. The van der Waals surface area contributed by atoms with E-state index in [0.29, 0.717) is 5.15 Å². The van der Waals surface area contributed by atoms with Gasteiger partial charge in [-0.2, -0.15) is 0 Å². The molecule has 1 aromatic heterocycles. The summed E-state index contributed by atoms with van der Waals surface area (Å²) in [5, 5.41) is 0.340. The van der Waals surface area contributed by atoms with E-state index in [1.165, 1.54) is 13.8 Å². The third-order valence-corrected chi connectivity index (χ3v) is 3.68. The highest BCUT2D eigenvalue weighted by Crippen LogP contribution is 2.50. The lowest BCUT2D eigenvalue weighted by Gasteiger charge is -2.28. The van der Waals surface area contributed by atoms with Crippen LogP contribution in [0.1, 0.15) is 38.2 Å². The maximum Gasteiger partial charge on any atom is 0.172 e. The maximum absolute atomic E-state index is 14.6. The fourth-order valence-electron chi connectivity index (χ4n) is 2.29. The summed E-state index contributed by atoms with van der Waals surface area (Å²) in [7, 11) is 0. The smallest absolute Gasteiger partial charge is 0.172 e. The van der Waals surface area contributed by atoms with E-state index in [1.807, 2.05) is 0 Å². The van der Waals surface area contributed by atoms with Gasteiger partial charge in [-0.15, -0.1) is 0 Å².